The lowest BCUT2D eigenvalue weighted by molar-refractivity contribution is -0.151. The van der Waals surface area contributed by atoms with Gasteiger partial charge in [-0.2, -0.15) is 0 Å². The van der Waals surface area contributed by atoms with Crippen molar-refractivity contribution in [3.63, 3.8) is 0 Å². The van der Waals surface area contributed by atoms with E-state index >= 15 is 0 Å². The van der Waals surface area contributed by atoms with E-state index in [1.54, 1.807) is 0 Å². The summed E-state index contributed by atoms with van der Waals surface area (Å²) in [5.41, 5.74) is 1.87. The van der Waals surface area contributed by atoms with Crippen molar-refractivity contribution in [3.05, 3.63) is 42.1 Å². The largest absolute Gasteiger partial charge is 0.483 e. The van der Waals surface area contributed by atoms with E-state index in [1.165, 1.54) is 5.39 Å². The molecule has 1 unspecified atom stereocenters. The second kappa shape index (κ2) is 10.4. The third-order valence-electron chi connectivity index (χ3n) is 6.75. The lowest BCUT2D eigenvalue weighted by atomic mass is 9.76. The number of benzene rings is 1. The number of likely N-dealkylation sites (tertiary alicyclic amines) is 1. The summed E-state index contributed by atoms with van der Waals surface area (Å²) in [4.78, 5) is 30.7. The van der Waals surface area contributed by atoms with Crippen molar-refractivity contribution in [1.82, 2.24) is 14.8 Å². The van der Waals surface area contributed by atoms with Crippen LogP contribution in [0.4, 0.5) is 0 Å². The molecule has 0 amide bonds. The lowest BCUT2D eigenvalue weighted by Crippen LogP contribution is -2.43. The van der Waals surface area contributed by atoms with E-state index in [9.17, 15) is 4.79 Å². The Hall–Kier alpha value is -2.55. The molecule has 1 aromatic carbocycles. The zero-order valence-corrected chi connectivity index (χ0v) is 18.3. The van der Waals surface area contributed by atoms with Gasteiger partial charge in [-0.15, -0.1) is 0 Å². The number of aromatic nitrogens is 1. The van der Waals surface area contributed by atoms with Crippen LogP contribution in [0.3, 0.4) is 0 Å². The fourth-order valence-electron chi connectivity index (χ4n) is 4.98. The smallest absolute Gasteiger partial charge is 0.312 e. The van der Waals surface area contributed by atoms with Crippen molar-refractivity contribution in [3.8, 4) is 0 Å². The zero-order valence-electron chi connectivity index (χ0n) is 18.3. The Morgan fingerprint density at radius 3 is 2.53 bits per heavy atom. The number of hydrogen-bond acceptors (Lipinski definition) is 7. The molecule has 3 fully saturated rings. The Morgan fingerprint density at radius 2 is 1.78 bits per heavy atom. The number of morpholine rings is 1. The van der Waals surface area contributed by atoms with Crippen molar-refractivity contribution in [2.24, 2.45) is 5.41 Å². The maximum atomic E-state index is 12.7. The second-order valence-corrected chi connectivity index (χ2v) is 8.80. The summed E-state index contributed by atoms with van der Waals surface area (Å²) in [5, 5.41) is 8.06. The minimum Gasteiger partial charge on any atom is -0.483 e. The molecule has 172 valence electrons. The van der Waals surface area contributed by atoms with Crippen LogP contribution in [0.25, 0.3) is 10.9 Å². The molecule has 8 heteroatoms. The third-order valence-corrected chi connectivity index (χ3v) is 6.75. The van der Waals surface area contributed by atoms with E-state index in [0.29, 0.717) is 0 Å². The van der Waals surface area contributed by atoms with Crippen LogP contribution in [-0.4, -0.2) is 84.4 Å². The number of piperidine rings is 1. The van der Waals surface area contributed by atoms with Crippen LogP contribution in [-0.2, 0) is 25.6 Å². The molecule has 0 bridgehead atoms. The maximum absolute atomic E-state index is 12.7. The number of esters is 1. The molecular formula is C24H31N3O5. The number of fused-ring (bicyclic) bond motifs is 1. The molecule has 5 rings (SSSR count). The zero-order chi connectivity index (χ0) is 22.4. The summed E-state index contributed by atoms with van der Waals surface area (Å²) >= 11 is 0. The molecule has 1 N–H and O–H groups in total. The van der Waals surface area contributed by atoms with Gasteiger partial charge in [0, 0.05) is 38.0 Å². The number of carbonyl (C=O) groups excluding carboxylic acids is 1. The first kappa shape index (κ1) is 22.6. The molecule has 1 atom stereocenters. The van der Waals surface area contributed by atoms with Crippen LogP contribution in [0.2, 0.25) is 0 Å². The molecule has 3 saturated heterocycles. The highest BCUT2D eigenvalue weighted by Crippen LogP contribution is 2.43. The Balaban J connectivity index is 0.000000775. The predicted octanol–water partition coefficient (Wildman–Crippen LogP) is 2.17. The molecule has 1 aromatic heterocycles. The van der Waals surface area contributed by atoms with Crippen LogP contribution in [0.5, 0.6) is 0 Å². The molecule has 3 aliphatic heterocycles. The first-order valence-electron chi connectivity index (χ1n) is 11.3. The van der Waals surface area contributed by atoms with Crippen LogP contribution < -0.4 is 0 Å². The van der Waals surface area contributed by atoms with Gasteiger partial charge in [0.1, 0.15) is 6.10 Å². The summed E-state index contributed by atoms with van der Waals surface area (Å²) in [6.45, 7) is 6.73. The number of carboxylic acid groups (broad SMARTS) is 1. The average Bonchev–Trinajstić information content (AvgIpc) is 3.10. The summed E-state index contributed by atoms with van der Waals surface area (Å²) in [7, 11) is 0. The minimum absolute atomic E-state index is 0.0271. The van der Waals surface area contributed by atoms with Gasteiger partial charge < -0.3 is 14.6 Å². The normalized spacial score (nSPS) is 23.5. The first-order valence-corrected chi connectivity index (χ1v) is 11.3. The Bertz CT molecular complexity index is 923. The number of pyridine rings is 1. The van der Waals surface area contributed by atoms with Gasteiger partial charge in [-0.05, 0) is 38.1 Å². The highest BCUT2D eigenvalue weighted by Gasteiger charge is 2.50. The van der Waals surface area contributed by atoms with E-state index in [2.05, 4.69) is 34.1 Å². The topological polar surface area (TPSA) is 92.2 Å². The molecule has 4 heterocycles. The molecule has 0 saturated carbocycles. The quantitative estimate of drug-likeness (QED) is 0.570. The van der Waals surface area contributed by atoms with Gasteiger partial charge in [0.25, 0.3) is 6.47 Å². The highest BCUT2D eigenvalue weighted by molar-refractivity contribution is 5.79. The Morgan fingerprint density at radius 1 is 1.06 bits per heavy atom. The van der Waals surface area contributed by atoms with E-state index < -0.39 is 0 Å². The average molecular weight is 442 g/mol. The number of cyclic esters (lactones) is 1. The number of rotatable bonds is 4. The predicted molar refractivity (Wildman–Crippen MR) is 119 cm³/mol. The van der Waals surface area contributed by atoms with E-state index in [1.807, 2.05) is 12.1 Å². The Labute approximate surface area is 188 Å². The fraction of sp³-hybridized carbons (Fsp3) is 0.542. The fourth-order valence-corrected chi connectivity index (χ4v) is 4.98. The summed E-state index contributed by atoms with van der Waals surface area (Å²) < 4.78 is 11.2. The van der Waals surface area contributed by atoms with Gasteiger partial charge in [0.05, 0.1) is 29.8 Å². The van der Waals surface area contributed by atoms with Crippen LogP contribution in [0.15, 0.2) is 36.4 Å². The van der Waals surface area contributed by atoms with Gasteiger partial charge in [0.2, 0.25) is 0 Å². The number of nitrogens with zero attached hydrogens (tertiary/aromatic N) is 3. The molecule has 2 aromatic rings. The van der Waals surface area contributed by atoms with E-state index in [4.69, 9.17) is 24.4 Å². The number of hydrogen-bond donors (Lipinski definition) is 1. The molecule has 3 aliphatic rings. The van der Waals surface area contributed by atoms with Gasteiger partial charge >= 0.3 is 5.97 Å². The summed E-state index contributed by atoms with van der Waals surface area (Å²) in [6.07, 6.45) is 2.68. The number of carbonyl (C=O) groups is 2. The minimum atomic E-state index is -0.274. The van der Waals surface area contributed by atoms with Crippen molar-refractivity contribution < 1.29 is 24.2 Å². The maximum Gasteiger partial charge on any atom is 0.312 e. The van der Waals surface area contributed by atoms with Crippen molar-refractivity contribution in [1.29, 1.82) is 0 Å². The summed E-state index contributed by atoms with van der Waals surface area (Å²) in [6, 6.07) is 12.5. The van der Waals surface area contributed by atoms with Crippen LogP contribution >= 0.6 is 0 Å². The highest BCUT2D eigenvalue weighted by atomic mass is 16.6. The van der Waals surface area contributed by atoms with Crippen molar-refractivity contribution >= 4 is 23.3 Å². The monoisotopic (exact) mass is 441 g/mol. The molecule has 0 radical (unpaired) electrons. The summed E-state index contributed by atoms with van der Waals surface area (Å²) in [5.74, 6) is 0.0271. The van der Waals surface area contributed by atoms with Gasteiger partial charge in [-0.1, -0.05) is 24.3 Å². The third kappa shape index (κ3) is 5.26. The van der Waals surface area contributed by atoms with Crippen LogP contribution in [0, 0.1) is 5.41 Å². The van der Waals surface area contributed by atoms with Crippen LogP contribution in [0.1, 0.15) is 25.0 Å². The molecule has 32 heavy (non-hydrogen) atoms. The first-order chi connectivity index (χ1) is 15.6. The van der Waals surface area contributed by atoms with Gasteiger partial charge in [-0.3, -0.25) is 24.4 Å². The Kier molecular flexibility index (Phi) is 7.34. The van der Waals surface area contributed by atoms with E-state index in [0.717, 1.165) is 83.0 Å². The molecular weight excluding hydrogens is 410 g/mol. The standard InChI is InChI=1S/C23H29N3O3.CH2O2/c27-22-23(15-20(29-22)17-26-11-13-28-14-12-26)7-9-25(10-8-23)16-19-6-5-18-3-1-2-4-21(18)24-19;2-1-3/h1-6,20H,7-17H2;1H,(H,2,3). The number of para-hydroxylation sites is 1. The van der Waals surface area contributed by atoms with Crippen molar-refractivity contribution in [2.45, 2.75) is 31.9 Å². The second-order valence-electron chi connectivity index (χ2n) is 8.80. The molecule has 1 spiro atoms. The van der Waals surface area contributed by atoms with E-state index in [-0.39, 0.29) is 24.0 Å². The SMILES string of the molecule is O=C1OC(CN2CCOCC2)CC12CCN(Cc1ccc3ccccc3n1)CC2.O=CO. The number of ether oxygens (including phenoxy) is 2. The van der Waals surface area contributed by atoms with Gasteiger partial charge in [-0.25, -0.2) is 0 Å². The van der Waals surface area contributed by atoms with Crippen molar-refractivity contribution in [2.75, 3.05) is 45.9 Å². The lowest BCUT2D eigenvalue weighted by Gasteiger charge is -2.36. The molecule has 0 aliphatic carbocycles. The van der Waals surface area contributed by atoms with Gasteiger partial charge in [0.15, 0.2) is 0 Å². The molecule has 8 nitrogen and oxygen atoms in total.